The van der Waals surface area contributed by atoms with Gasteiger partial charge in [-0.1, -0.05) is 16.8 Å². The van der Waals surface area contributed by atoms with Crippen LogP contribution in [0.5, 0.6) is 0 Å². The zero-order chi connectivity index (χ0) is 19.8. The number of benzene rings is 1. The molecule has 0 N–H and O–H groups in total. The molecule has 2 aromatic heterocycles. The third kappa shape index (κ3) is 3.42. The van der Waals surface area contributed by atoms with Crippen LogP contribution in [0.4, 0.5) is 4.39 Å². The third-order valence-corrected chi connectivity index (χ3v) is 5.29. The quantitative estimate of drug-likeness (QED) is 0.645. The maximum atomic E-state index is 13.5. The van der Waals surface area contributed by atoms with Gasteiger partial charge in [0.25, 0.3) is 5.91 Å². The summed E-state index contributed by atoms with van der Waals surface area (Å²) in [6.45, 7) is 2.46. The SMILES string of the molecule is Cc1cc(-c2cn(C)nc2[C@@H]2CCCCN2C(=O)c2ccc(F)c(Cl)c2)on1. The van der Waals surface area contributed by atoms with E-state index in [9.17, 15) is 9.18 Å². The molecule has 1 amide bonds. The molecule has 0 saturated carbocycles. The molecular weight excluding hydrogens is 383 g/mol. The van der Waals surface area contributed by atoms with Crippen molar-refractivity contribution in [2.75, 3.05) is 6.54 Å². The number of carbonyl (C=O) groups excluding carboxylic acids is 1. The van der Waals surface area contributed by atoms with Gasteiger partial charge in [0.2, 0.25) is 0 Å². The molecule has 3 aromatic rings. The number of likely N-dealkylation sites (tertiary alicyclic amines) is 1. The smallest absolute Gasteiger partial charge is 0.254 e. The summed E-state index contributed by atoms with van der Waals surface area (Å²) in [5, 5.41) is 8.53. The van der Waals surface area contributed by atoms with E-state index in [2.05, 4.69) is 10.3 Å². The topological polar surface area (TPSA) is 64.2 Å². The van der Waals surface area contributed by atoms with Crippen molar-refractivity contribution in [3.05, 3.63) is 58.3 Å². The summed E-state index contributed by atoms with van der Waals surface area (Å²) in [5.74, 6) is -0.0959. The summed E-state index contributed by atoms with van der Waals surface area (Å²) in [5.41, 5.74) is 2.75. The van der Waals surface area contributed by atoms with E-state index in [-0.39, 0.29) is 17.0 Å². The molecule has 0 bridgehead atoms. The molecule has 28 heavy (non-hydrogen) atoms. The Bertz CT molecular complexity index is 1030. The van der Waals surface area contributed by atoms with Crippen LogP contribution < -0.4 is 0 Å². The summed E-state index contributed by atoms with van der Waals surface area (Å²) < 4.78 is 20.7. The molecule has 0 radical (unpaired) electrons. The van der Waals surface area contributed by atoms with Gasteiger partial charge in [0.1, 0.15) is 5.82 Å². The minimum absolute atomic E-state index is 0.0601. The average molecular weight is 403 g/mol. The highest BCUT2D eigenvalue weighted by Crippen LogP contribution is 2.37. The number of amides is 1. The Labute approximate surface area is 166 Å². The van der Waals surface area contributed by atoms with Crippen molar-refractivity contribution in [3.63, 3.8) is 0 Å². The summed E-state index contributed by atoms with van der Waals surface area (Å²) in [6.07, 6.45) is 4.56. The Hall–Kier alpha value is -2.67. The van der Waals surface area contributed by atoms with Gasteiger partial charge in [-0.15, -0.1) is 0 Å². The van der Waals surface area contributed by atoms with Gasteiger partial charge in [0.15, 0.2) is 5.76 Å². The maximum absolute atomic E-state index is 13.5. The van der Waals surface area contributed by atoms with E-state index in [0.29, 0.717) is 17.9 Å². The monoisotopic (exact) mass is 402 g/mol. The first kappa shape index (κ1) is 18.7. The molecule has 146 valence electrons. The number of carbonyl (C=O) groups is 1. The van der Waals surface area contributed by atoms with E-state index in [1.165, 1.54) is 18.2 Å². The van der Waals surface area contributed by atoms with Crippen molar-refractivity contribution in [2.24, 2.45) is 7.05 Å². The van der Waals surface area contributed by atoms with Gasteiger partial charge in [-0.3, -0.25) is 9.48 Å². The van der Waals surface area contributed by atoms with E-state index in [1.54, 1.807) is 9.58 Å². The second-order valence-electron chi connectivity index (χ2n) is 7.07. The first-order valence-electron chi connectivity index (χ1n) is 9.17. The second kappa shape index (κ2) is 7.39. The maximum Gasteiger partial charge on any atom is 0.254 e. The minimum atomic E-state index is -0.541. The Morgan fingerprint density at radius 2 is 2.14 bits per heavy atom. The van der Waals surface area contributed by atoms with E-state index in [0.717, 1.165) is 36.2 Å². The third-order valence-electron chi connectivity index (χ3n) is 5.00. The highest BCUT2D eigenvalue weighted by molar-refractivity contribution is 6.31. The van der Waals surface area contributed by atoms with Gasteiger partial charge in [-0.05, 0) is 44.4 Å². The summed E-state index contributed by atoms with van der Waals surface area (Å²) in [7, 11) is 1.84. The van der Waals surface area contributed by atoms with Crippen LogP contribution in [0.25, 0.3) is 11.3 Å². The van der Waals surface area contributed by atoms with Gasteiger partial charge in [-0.2, -0.15) is 5.10 Å². The lowest BCUT2D eigenvalue weighted by molar-refractivity contribution is 0.0605. The van der Waals surface area contributed by atoms with Gasteiger partial charge in [0.05, 0.1) is 28.0 Å². The summed E-state index contributed by atoms with van der Waals surface area (Å²) in [6, 6.07) is 5.72. The van der Waals surface area contributed by atoms with Crippen molar-refractivity contribution in [3.8, 4) is 11.3 Å². The molecule has 4 rings (SSSR count). The zero-order valence-electron chi connectivity index (χ0n) is 15.7. The molecule has 8 heteroatoms. The molecular formula is C20H20ClFN4O2. The van der Waals surface area contributed by atoms with E-state index in [4.69, 9.17) is 16.1 Å². The molecule has 1 fully saturated rings. The van der Waals surface area contributed by atoms with Gasteiger partial charge in [0, 0.05) is 31.4 Å². The number of aryl methyl sites for hydroxylation is 2. The molecule has 1 saturated heterocycles. The molecule has 1 atom stereocenters. The van der Waals surface area contributed by atoms with Crippen molar-refractivity contribution < 1.29 is 13.7 Å². The molecule has 1 aromatic carbocycles. The molecule has 6 nitrogen and oxygen atoms in total. The van der Waals surface area contributed by atoms with Crippen LogP contribution >= 0.6 is 11.6 Å². The van der Waals surface area contributed by atoms with Crippen LogP contribution in [0.15, 0.2) is 35.0 Å². The van der Waals surface area contributed by atoms with E-state index < -0.39 is 5.82 Å². The van der Waals surface area contributed by atoms with Crippen LogP contribution in [0.2, 0.25) is 5.02 Å². The molecule has 0 aliphatic carbocycles. The normalized spacial score (nSPS) is 17.1. The minimum Gasteiger partial charge on any atom is -0.356 e. The fraction of sp³-hybridized carbons (Fsp3) is 0.350. The first-order chi connectivity index (χ1) is 13.4. The Morgan fingerprint density at radius 1 is 1.32 bits per heavy atom. The molecule has 3 heterocycles. The van der Waals surface area contributed by atoms with Crippen LogP contribution in [0.3, 0.4) is 0 Å². The summed E-state index contributed by atoms with van der Waals surface area (Å²) in [4.78, 5) is 15.0. The number of nitrogens with zero attached hydrogens (tertiary/aromatic N) is 4. The van der Waals surface area contributed by atoms with E-state index in [1.807, 2.05) is 26.2 Å². The predicted molar refractivity (Wildman–Crippen MR) is 102 cm³/mol. The highest BCUT2D eigenvalue weighted by atomic mass is 35.5. The first-order valence-corrected chi connectivity index (χ1v) is 9.55. The Morgan fingerprint density at radius 3 is 2.86 bits per heavy atom. The molecule has 1 aliphatic heterocycles. The van der Waals surface area contributed by atoms with Crippen LogP contribution in [0.1, 0.15) is 47.1 Å². The second-order valence-corrected chi connectivity index (χ2v) is 7.48. The van der Waals surface area contributed by atoms with Crippen LogP contribution in [-0.4, -0.2) is 32.3 Å². The standard InChI is InChI=1S/C20H20ClFN4O2/c1-12-9-18(28-24-12)14-11-25(2)23-19(14)17-5-3-4-8-26(17)20(27)13-6-7-16(22)15(21)10-13/h6-7,9-11,17H,3-5,8H2,1-2H3/t17-/m0/s1. The highest BCUT2D eigenvalue weighted by Gasteiger charge is 2.33. The van der Waals surface area contributed by atoms with Gasteiger partial charge in [-0.25, -0.2) is 4.39 Å². The zero-order valence-corrected chi connectivity index (χ0v) is 16.4. The fourth-order valence-corrected chi connectivity index (χ4v) is 3.87. The number of rotatable bonds is 3. The van der Waals surface area contributed by atoms with Crippen molar-refractivity contribution >= 4 is 17.5 Å². The number of hydrogen-bond donors (Lipinski definition) is 0. The van der Waals surface area contributed by atoms with Gasteiger partial charge < -0.3 is 9.42 Å². The average Bonchev–Trinajstić information content (AvgIpc) is 3.29. The lowest BCUT2D eigenvalue weighted by atomic mass is 9.95. The Balaban J connectivity index is 1.72. The van der Waals surface area contributed by atoms with Crippen molar-refractivity contribution in [1.29, 1.82) is 0 Å². The molecule has 0 unspecified atom stereocenters. The lowest BCUT2D eigenvalue weighted by Gasteiger charge is -2.35. The predicted octanol–water partition coefficient (Wildman–Crippen LogP) is 4.54. The largest absolute Gasteiger partial charge is 0.356 e. The summed E-state index contributed by atoms with van der Waals surface area (Å²) >= 11 is 5.88. The van der Waals surface area contributed by atoms with Crippen LogP contribution in [-0.2, 0) is 7.05 Å². The lowest BCUT2D eigenvalue weighted by Crippen LogP contribution is -2.39. The Kier molecular flexibility index (Phi) is 4.93. The van der Waals surface area contributed by atoms with E-state index >= 15 is 0 Å². The van der Waals surface area contributed by atoms with Crippen LogP contribution in [0, 0.1) is 12.7 Å². The molecule has 1 aliphatic rings. The van der Waals surface area contributed by atoms with Crippen molar-refractivity contribution in [1.82, 2.24) is 19.8 Å². The number of hydrogen-bond acceptors (Lipinski definition) is 4. The number of piperidine rings is 1. The molecule has 0 spiro atoms. The number of aromatic nitrogens is 3. The fourth-order valence-electron chi connectivity index (χ4n) is 3.69. The van der Waals surface area contributed by atoms with Crippen molar-refractivity contribution in [2.45, 2.75) is 32.2 Å². The van der Waals surface area contributed by atoms with Gasteiger partial charge >= 0.3 is 0 Å². The number of halogens is 2.